The van der Waals surface area contributed by atoms with E-state index < -0.39 is 0 Å². The van der Waals surface area contributed by atoms with Gasteiger partial charge in [-0.05, 0) is 113 Å². The molecular formula is C49H52N2O3. The van der Waals surface area contributed by atoms with Gasteiger partial charge in [-0.3, -0.25) is 0 Å². The minimum absolute atomic E-state index is 0.00194. The van der Waals surface area contributed by atoms with E-state index in [0.717, 1.165) is 84.7 Å². The van der Waals surface area contributed by atoms with Crippen LogP contribution in [0.4, 0.5) is 0 Å². The molecule has 0 saturated carbocycles. The highest BCUT2D eigenvalue weighted by Gasteiger charge is 2.43. The SMILES string of the molecule is CC.CCCC1(CCC)c2ccccc2-c2cc3nc(-c4ccc(-c5nc6cc7c(cc6o5)C(CCC)(CCC)c5ccccc5-7)c(OC)c4)oc3cc21. The largest absolute Gasteiger partial charge is 0.496 e. The molecule has 0 aliphatic heterocycles. The van der Waals surface area contributed by atoms with Crippen molar-refractivity contribution in [2.24, 2.45) is 0 Å². The van der Waals surface area contributed by atoms with E-state index in [9.17, 15) is 0 Å². The Bertz CT molecular complexity index is 2470. The average Bonchev–Trinajstić information content (AvgIpc) is 3.95. The van der Waals surface area contributed by atoms with Crippen LogP contribution in [0.5, 0.6) is 5.75 Å². The minimum atomic E-state index is -0.00742. The van der Waals surface area contributed by atoms with Crippen LogP contribution >= 0.6 is 0 Å². The van der Waals surface area contributed by atoms with Crippen molar-refractivity contribution in [1.82, 2.24) is 9.97 Å². The molecule has 7 aromatic rings. The van der Waals surface area contributed by atoms with E-state index >= 15 is 0 Å². The van der Waals surface area contributed by atoms with E-state index in [1.807, 2.05) is 32.0 Å². The van der Waals surface area contributed by atoms with Crippen LogP contribution in [0.25, 0.3) is 67.4 Å². The molecule has 276 valence electrons. The molecule has 54 heavy (non-hydrogen) atoms. The van der Waals surface area contributed by atoms with Crippen LogP contribution in [0.15, 0.2) is 99.8 Å². The number of benzene rings is 5. The lowest BCUT2D eigenvalue weighted by atomic mass is 9.71. The Morgan fingerprint density at radius 1 is 0.500 bits per heavy atom. The molecule has 9 rings (SSSR count). The molecule has 0 unspecified atom stereocenters. The second-order valence-electron chi connectivity index (χ2n) is 14.9. The van der Waals surface area contributed by atoms with Gasteiger partial charge in [0.2, 0.25) is 11.8 Å². The topological polar surface area (TPSA) is 61.3 Å². The van der Waals surface area contributed by atoms with Gasteiger partial charge in [0, 0.05) is 16.4 Å². The Balaban J connectivity index is 0.00000203. The molecule has 0 fully saturated rings. The third-order valence-electron chi connectivity index (χ3n) is 11.9. The summed E-state index contributed by atoms with van der Waals surface area (Å²) in [5.74, 6) is 1.78. The molecule has 5 aromatic carbocycles. The van der Waals surface area contributed by atoms with Gasteiger partial charge in [-0.25, -0.2) is 9.97 Å². The summed E-state index contributed by atoms with van der Waals surface area (Å²) in [5.41, 5.74) is 15.8. The predicted octanol–water partition coefficient (Wildman–Crippen LogP) is 14.1. The van der Waals surface area contributed by atoms with Crippen molar-refractivity contribution >= 4 is 22.2 Å². The van der Waals surface area contributed by atoms with Gasteiger partial charge in [0.05, 0.1) is 12.7 Å². The second kappa shape index (κ2) is 14.2. The number of rotatable bonds is 11. The van der Waals surface area contributed by atoms with E-state index in [2.05, 4.69) is 100 Å². The van der Waals surface area contributed by atoms with Crippen LogP contribution < -0.4 is 4.74 Å². The molecule has 0 atom stereocenters. The van der Waals surface area contributed by atoms with E-state index in [1.165, 1.54) is 44.5 Å². The van der Waals surface area contributed by atoms with E-state index in [4.69, 9.17) is 23.5 Å². The highest BCUT2D eigenvalue weighted by Crippen LogP contribution is 2.56. The van der Waals surface area contributed by atoms with Crippen molar-refractivity contribution in [1.29, 1.82) is 0 Å². The monoisotopic (exact) mass is 716 g/mol. The molecule has 2 aliphatic carbocycles. The number of nitrogens with zero attached hydrogens (tertiary/aromatic N) is 2. The zero-order chi connectivity index (χ0) is 37.6. The van der Waals surface area contributed by atoms with Crippen LogP contribution in [0.1, 0.15) is 115 Å². The number of ether oxygens (including phenoxy) is 1. The molecule has 0 bridgehead atoms. The lowest BCUT2D eigenvalue weighted by Crippen LogP contribution is -2.24. The van der Waals surface area contributed by atoms with Crippen LogP contribution in [0.3, 0.4) is 0 Å². The van der Waals surface area contributed by atoms with Crippen molar-refractivity contribution in [3.63, 3.8) is 0 Å². The fraction of sp³-hybridized carbons (Fsp3) is 0.347. The summed E-state index contributed by atoms with van der Waals surface area (Å²) in [6, 6.07) is 32.9. The van der Waals surface area contributed by atoms with Crippen molar-refractivity contribution in [2.45, 2.75) is 104 Å². The summed E-state index contributed by atoms with van der Waals surface area (Å²) >= 11 is 0. The Kier molecular flexibility index (Phi) is 9.46. The standard InChI is InChI=1S/C47H46N2O3.C2H6/c1-6-20-46(21-7-2)35-16-12-10-14-30(35)33-25-39-42(27-37(33)46)51-44(48-39)29-18-19-32(41(24-29)50-5)45-49-40-26-34-31-15-11-13-17-36(31)47(22-8-3,23-9-4)38(34)28-43(40)52-45;1-2/h10-19,24-28H,6-9,20-23H2,1-5H3;1-2H3. The average molecular weight is 717 g/mol. The zero-order valence-electron chi connectivity index (χ0n) is 32.9. The Hall–Kier alpha value is -5.16. The highest BCUT2D eigenvalue weighted by molar-refractivity contribution is 5.92. The molecule has 2 heterocycles. The number of methoxy groups -OCH3 is 1. The number of fused-ring (bicyclic) bond motifs is 8. The van der Waals surface area contributed by atoms with Crippen molar-refractivity contribution in [3.8, 4) is 50.9 Å². The smallest absolute Gasteiger partial charge is 0.231 e. The molecule has 2 aromatic heterocycles. The van der Waals surface area contributed by atoms with Gasteiger partial charge in [-0.2, -0.15) is 0 Å². The number of hydrogen-bond donors (Lipinski definition) is 0. The van der Waals surface area contributed by atoms with Gasteiger partial charge < -0.3 is 13.6 Å². The van der Waals surface area contributed by atoms with Crippen molar-refractivity contribution in [3.05, 3.63) is 113 Å². The van der Waals surface area contributed by atoms with Gasteiger partial charge in [0.1, 0.15) is 16.8 Å². The molecule has 5 nitrogen and oxygen atoms in total. The summed E-state index contributed by atoms with van der Waals surface area (Å²) in [6.07, 6.45) is 8.91. The van der Waals surface area contributed by atoms with Crippen LogP contribution in [0.2, 0.25) is 0 Å². The fourth-order valence-electron chi connectivity index (χ4n) is 10.0. The van der Waals surface area contributed by atoms with Crippen LogP contribution in [0, 0.1) is 0 Å². The van der Waals surface area contributed by atoms with E-state index in [1.54, 1.807) is 7.11 Å². The Morgan fingerprint density at radius 3 is 1.44 bits per heavy atom. The summed E-state index contributed by atoms with van der Waals surface area (Å²) in [7, 11) is 1.69. The Morgan fingerprint density at radius 2 is 0.963 bits per heavy atom. The lowest BCUT2D eigenvalue weighted by molar-refractivity contribution is 0.414. The molecule has 0 N–H and O–H groups in total. The number of hydrogen-bond acceptors (Lipinski definition) is 5. The zero-order valence-corrected chi connectivity index (χ0v) is 32.9. The van der Waals surface area contributed by atoms with Gasteiger partial charge in [-0.1, -0.05) is 116 Å². The van der Waals surface area contributed by atoms with Crippen molar-refractivity contribution in [2.75, 3.05) is 7.11 Å². The first kappa shape index (κ1) is 35.8. The maximum Gasteiger partial charge on any atom is 0.231 e. The van der Waals surface area contributed by atoms with Gasteiger partial charge in [-0.15, -0.1) is 0 Å². The first-order valence-corrected chi connectivity index (χ1v) is 20.3. The molecule has 0 amide bonds. The Labute approximate surface area is 319 Å². The second-order valence-corrected chi connectivity index (χ2v) is 14.9. The molecular weight excluding hydrogens is 665 g/mol. The molecule has 0 radical (unpaired) electrons. The quantitative estimate of drug-likeness (QED) is 0.133. The summed E-state index contributed by atoms with van der Waals surface area (Å²) in [4.78, 5) is 10.1. The third-order valence-corrected chi connectivity index (χ3v) is 11.9. The number of oxazole rings is 2. The van der Waals surface area contributed by atoms with Gasteiger partial charge in [0.25, 0.3) is 0 Å². The summed E-state index contributed by atoms with van der Waals surface area (Å²) < 4.78 is 19.1. The van der Waals surface area contributed by atoms with Crippen LogP contribution in [-0.4, -0.2) is 17.1 Å². The van der Waals surface area contributed by atoms with Gasteiger partial charge in [0.15, 0.2) is 11.2 Å². The normalized spacial score (nSPS) is 14.4. The number of aromatic nitrogens is 2. The van der Waals surface area contributed by atoms with E-state index in [-0.39, 0.29) is 10.8 Å². The third kappa shape index (κ3) is 5.33. The molecule has 2 aliphatic rings. The predicted molar refractivity (Wildman–Crippen MR) is 222 cm³/mol. The molecule has 0 spiro atoms. The minimum Gasteiger partial charge on any atom is -0.496 e. The molecule has 5 heteroatoms. The first-order chi connectivity index (χ1) is 26.5. The highest BCUT2D eigenvalue weighted by atomic mass is 16.5. The lowest BCUT2D eigenvalue weighted by Gasteiger charge is -2.31. The fourth-order valence-corrected chi connectivity index (χ4v) is 10.0. The summed E-state index contributed by atoms with van der Waals surface area (Å²) in [6.45, 7) is 13.2. The van der Waals surface area contributed by atoms with Crippen molar-refractivity contribution < 1.29 is 13.6 Å². The maximum absolute atomic E-state index is 6.57. The summed E-state index contributed by atoms with van der Waals surface area (Å²) in [5, 5.41) is 0. The van der Waals surface area contributed by atoms with Gasteiger partial charge >= 0.3 is 0 Å². The van der Waals surface area contributed by atoms with E-state index in [0.29, 0.717) is 17.5 Å². The van der Waals surface area contributed by atoms with Crippen LogP contribution in [-0.2, 0) is 10.8 Å². The molecule has 0 saturated heterocycles. The maximum atomic E-state index is 6.57. The first-order valence-electron chi connectivity index (χ1n) is 20.3.